The van der Waals surface area contributed by atoms with Gasteiger partial charge in [0, 0.05) is 13.1 Å². The molecule has 0 aliphatic carbocycles. The van der Waals surface area contributed by atoms with Gasteiger partial charge >= 0.3 is 0 Å². The fraction of sp³-hybridized carbons (Fsp3) is 0.333. The number of sulfonamides is 1. The van der Waals surface area contributed by atoms with Crippen molar-refractivity contribution in [1.29, 1.82) is 0 Å². The lowest BCUT2D eigenvalue weighted by Crippen LogP contribution is -2.51. The Bertz CT molecular complexity index is 1420. The topological polar surface area (TPSA) is 96.0 Å². The molecule has 0 radical (unpaired) electrons. The Morgan fingerprint density at radius 3 is 2.26 bits per heavy atom. The van der Waals surface area contributed by atoms with Crippen LogP contribution >= 0.6 is 0 Å². The predicted molar refractivity (Wildman–Crippen MR) is 153 cm³/mol. The van der Waals surface area contributed by atoms with Crippen LogP contribution in [0.4, 0.5) is 5.69 Å². The minimum atomic E-state index is -4.11. The van der Waals surface area contributed by atoms with Crippen molar-refractivity contribution < 1.29 is 22.7 Å². The number of benzene rings is 3. The molecule has 3 rings (SSSR count). The van der Waals surface area contributed by atoms with Gasteiger partial charge in [0.05, 0.1) is 17.7 Å². The molecule has 0 aromatic heterocycles. The number of carbonyl (C=O) groups is 2. The van der Waals surface area contributed by atoms with Gasteiger partial charge in [0.15, 0.2) is 0 Å². The number of nitrogens with zero attached hydrogens (tertiary/aromatic N) is 2. The van der Waals surface area contributed by atoms with Gasteiger partial charge in [0.2, 0.25) is 11.8 Å². The number of hydrogen-bond acceptors (Lipinski definition) is 5. The zero-order valence-corrected chi connectivity index (χ0v) is 24.2. The Hall–Kier alpha value is -3.85. The molecule has 0 bridgehead atoms. The van der Waals surface area contributed by atoms with Crippen molar-refractivity contribution in [2.75, 3.05) is 24.5 Å². The average Bonchev–Trinajstić information content (AvgIpc) is 2.91. The first-order chi connectivity index (χ1) is 18.5. The van der Waals surface area contributed by atoms with Crippen molar-refractivity contribution >= 4 is 27.5 Å². The third-order valence-corrected chi connectivity index (χ3v) is 8.30. The molecule has 0 fully saturated rings. The van der Waals surface area contributed by atoms with Gasteiger partial charge < -0.3 is 15.0 Å². The lowest BCUT2D eigenvalue weighted by atomic mass is 10.1. The third-order valence-electron chi connectivity index (χ3n) is 6.53. The number of carbonyl (C=O) groups excluding carboxylic acids is 2. The summed E-state index contributed by atoms with van der Waals surface area (Å²) in [6.07, 6.45) is 0. The van der Waals surface area contributed by atoms with Crippen LogP contribution in [0.25, 0.3) is 0 Å². The van der Waals surface area contributed by atoms with E-state index in [1.54, 1.807) is 69.5 Å². The van der Waals surface area contributed by atoms with Gasteiger partial charge in [0.25, 0.3) is 10.0 Å². The first-order valence-electron chi connectivity index (χ1n) is 12.8. The van der Waals surface area contributed by atoms with Crippen molar-refractivity contribution in [2.45, 2.75) is 52.1 Å². The number of amides is 2. The van der Waals surface area contributed by atoms with E-state index in [9.17, 15) is 18.0 Å². The molecule has 9 heteroatoms. The summed E-state index contributed by atoms with van der Waals surface area (Å²) in [6.45, 7) is 9.01. The Morgan fingerprint density at radius 2 is 1.62 bits per heavy atom. The second-order valence-corrected chi connectivity index (χ2v) is 11.4. The number of aryl methyl sites for hydroxylation is 3. The molecule has 0 heterocycles. The van der Waals surface area contributed by atoms with E-state index in [0.717, 1.165) is 21.0 Å². The highest BCUT2D eigenvalue weighted by Gasteiger charge is 2.33. The summed E-state index contributed by atoms with van der Waals surface area (Å²) in [4.78, 5) is 28.3. The van der Waals surface area contributed by atoms with E-state index in [-0.39, 0.29) is 17.3 Å². The Labute approximate surface area is 231 Å². The third kappa shape index (κ3) is 7.17. The second-order valence-electron chi connectivity index (χ2n) is 9.56. The Morgan fingerprint density at radius 1 is 0.949 bits per heavy atom. The molecule has 0 saturated heterocycles. The van der Waals surface area contributed by atoms with Crippen LogP contribution < -0.4 is 14.4 Å². The minimum absolute atomic E-state index is 0.0814. The highest BCUT2D eigenvalue weighted by Crippen LogP contribution is 2.29. The zero-order chi connectivity index (χ0) is 28.7. The molecule has 1 atom stereocenters. The molecule has 1 unspecified atom stereocenters. The van der Waals surface area contributed by atoms with Gasteiger partial charge in [-0.2, -0.15) is 0 Å². The van der Waals surface area contributed by atoms with E-state index in [4.69, 9.17) is 4.74 Å². The minimum Gasteiger partial charge on any atom is -0.497 e. The van der Waals surface area contributed by atoms with Gasteiger partial charge in [-0.25, -0.2) is 8.42 Å². The Balaban J connectivity index is 2.08. The van der Waals surface area contributed by atoms with Crippen LogP contribution in [0.5, 0.6) is 5.75 Å². The summed E-state index contributed by atoms with van der Waals surface area (Å²) in [5.74, 6) is -0.217. The van der Waals surface area contributed by atoms with E-state index < -0.39 is 28.5 Å². The summed E-state index contributed by atoms with van der Waals surface area (Å²) in [6, 6.07) is 18.4. The quantitative estimate of drug-likeness (QED) is 0.382. The van der Waals surface area contributed by atoms with Crippen LogP contribution in [0.3, 0.4) is 0 Å². The average molecular weight is 552 g/mol. The molecule has 8 nitrogen and oxygen atoms in total. The maximum absolute atomic E-state index is 14.0. The Kier molecular flexibility index (Phi) is 9.75. The smallest absolute Gasteiger partial charge is 0.264 e. The van der Waals surface area contributed by atoms with E-state index >= 15 is 0 Å². The number of hydrogen-bond donors (Lipinski definition) is 1. The summed E-state index contributed by atoms with van der Waals surface area (Å²) in [5, 5.41) is 2.76. The fourth-order valence-electron chi connectivity index (χ4n) is 4.21. The number of nitrogens with one attached hydrogen (secondary N) is 1. The summed E-state index contributed by atoms with van der Waals surface area (Å²) < 4.78 is 34.4. The predicted octanol–water partition coefficient (Wildman–Crippen LogP) is 4.37. The molecule has 0 aliphatic heterocycles. The monoisotopic (exact) mass is 551 g/mol. The first kappa shape index (κ1) is 29.7. The molecule has 3 aromatic carbocycles. The maximum Gasteiger partial charge on any atom is 0.264 e. The van der Waals surface area contributed by atoms with Crippen molar-refractivity contribution in [3.8, 4) is 5.75 Å². The number of methoxy groups -OCH3 is 1. The van der Waals surface area contributed by atoms with Crippen LogP contribution in [0.15, 0.2) is 71.6 Å². The summed E-state index contributed by atoms with van der Waals surface area (Å²) in [5.41, 5.74) is 3.65. The second kappa shape index (κ2) is 12.8. The summed E-state index contributed by atoms with van der Waals surface area (Å²) in [7, 11) is -2.56. The first-order valence-corrected chi connectivity index (χ1v) is 14.3. The molecule has 208 valence electrons. The van der Waals surface area contributed by atoms with E-state index in [2.05, 4.69) is 5.32 Å². The normalized spacial score (nSPS) is 11.9. The molecule has 39 heavy (non-hydrogen) atoms. The molecular weight excluding hydrogens is 514 g/mol. The fourth-order valence-corrected chi connectivity index (χ4v) is 5.68. The van der Waals surface area contributed by atoms with Crippen LogP contribution in [0.1, 0.15) is 36.1 Å². The van der Waals surface area contributed by atoms with E-state index in [1.807, 2.05) is 39.0 Å². The maximum atomic E-state index is 14.0. The number of ether oxygens (including phenoxy) is 1. The van der Waals surface area contributed by atoms with Crippen molar-refractivity contribution in [1.82, 2.24) is 10.2 Å². The van der Waals surface area contributed by atoms with Gasteiger partial charge in [-0.3, -0.25) is 13.9 Å². The SMILES string of the molecule is CCNC(=O)C(C)N(Cc1cccc(OC)c1)C(=O)CN(c1cc(C)ccc1C)S(=O)(=O)c1ccc(C)cc1. The van der Waals surface area contributed by atoms with Crippen LogP contribution in [-0.2, 0) is 26.2 Å². The lowest BCUT2D eigenvalue weighted by Gasteiger charge is -2.32. The van der Waals surface area contributed by atoms with Crippen LogP contribution in [0.2, 0.25) is 0 Å². The molecule has 3 aromatic rings. The van der Waals surface area contributed by atoms with Gasteiger partial charge in [-0.15, -0.1) is 0 Å². The van der Waals surface area contributed by atoms with Crippen LogP contribution in [0, 0.1) is 20.8 Å². The molecular formula is C30H37N3O5S. The highest BCUT2D eigenvalue weighted by atomic mass is 32.2. The van der Waals surface area contributed by atoms with Crippen LogP contribution in [-0.4, -0.2) is 51.4 Å². The highest BCUT2D eigenvalue weighted by molar-refractivity contribution is 7.92. The molecule has 0 aliphatic rings. The number of likely N-dealkylation sites (N-methyl/N-ethyl adjacent to an activating group) is 1. The van der Waals surface area contributed by atoms with Crippen molar-refractivity contribution in [2.24, 2.45) is 0 Å². The number of anilines is 1. The molecule has 1 N–H and O–H groups in total. The lowest BCUT2D eigenvalue weighted by molar-refractivity contribution is -0.139. The molecule has 2 amide bonds. The van der Waals surface area contributed by atoms with E-state index in [1.165, 1.54) is 4.90 Å². The standard InChI is InChI=1S/C30H37N3O5S/c1-7-31-30(35)24(5)32(19-25-9-8-10-26(18-25)38-6)29(34)20-33(28-17-22(3)11-14-23(28)4)39(36,37)27-15-12-21(2)13-16-27/h8-18,24H,7,19-20H2,1-6H3,(H,31,35). The summed E-state index contributed by atoms with van der Waals surface area (Å²) >= 11 is 0. The van der Waals surface area contributed by atoms with Crippen molar-refractivity contribution in [3.63, 3.8) is 0 Å². The zero-order valence-electron chi connectivity index (χ0n) is 23.4. The molecule has 0 saturated carbocycles. The van der Waals surface area contributed by atoms with Gasteiger partial charge in [-0.1, -0.05) is 42.0 Å². The van der Waals surface area contributed by atoms with E-state index in [0.29, 0.717) is 23.5 Å². The largest absolute Gasteiger partial charge is 0.497 e. The molecule has 0 spiro atoms. The van der Waals surface area contributed by atoms with Crippen molar-refractivity contribution in [3.05, 3.63) is 89.0 Å². The number of rotatable bonds is 11. The van der Waals surface area contributed by atoms with Gasteiger partial charge in [0.1, 0.15) is 18.3 Å². The van der Waals surface area contributed by atoms with Gasteiger partial charge in [-0.05, 0) is 81.6 Å².